The van der Waals surface area contributed by atoms with E-state index in [9.17, 15) is 4.79 Å². The van der Waals surface area contributed by atoms with E-state index in [0.717, 1.165) is 4.90 Å². The molecule has 0 bridgehead atoms. The zero-order chi connectivity index (χ0) is 15.5. The first-order valence-electron chi connectivity index (χ1n) is 7.45. The number of nitrogens with one attached hydrogen (secondary N) is 1. The van der Waals surface area contributed by atoms with Gasteiger partial charge in [-0.1, -0.05) is 17.3 Å². The van der Waals surface area contributed by atoms with Gasteiger partial charge >= 0.3 is 0 Å². The van der Waals surface area contributed by atoms with E-state index in [-0.39, 0.29) is 11.9 Å². The molecule has 1 N–H and O–H groups in total. The van der Waals surface area contributed by atoms with Crippen molar-refractivity contribution in [1.82, 2.24) is 15.5 Å². The Balaban J connectivity index is 1.67. The second-order valence-electron chi connectivity index (χ2n) is 5.62. The van der Waals surface area contributed by atoms with Gasteiger partial charge in [0.25, 0.3) is 5.91 Å². The molecule has 3 rings (SSSR count). The summed E-state index contributed by atoms with van der Waals surface area (Å²) in [5.74, 6) is 2.39. The molecule has 5 nitrogen and oxygen atoms in total. The van der Waals surface area contributed by atoms with Crippen molar-refractivity contribution in [2.75, 3.05) is 0 Å². The minimum absolute atomic E-state index is 0.00999. The summed E-state index contributed by atoms with van der Waals surface area (Å²) >= 11 is 1.54. The molecular formula is C16H19N3O2S. The smallest absolute Gasteiger partial charge is 0.252 e. The van der Waals surface area contributed by atoms with Gasteiger partial charge in [0.05, 0.1) is 11.3 Å². The van der Waals surface area contributed by atoms with Crippen LogP contribution >= 0.6 is 11.8 Å². The van der Waals surface area contributed by atoms with Gasteiger partial charge in [0.15, 0.2) is 5.82 Å². The number of hydrogen-bond acceptors (Lipinski definition) is 5. The molecule has 116 valence electrons. The van der Waals surface area contributed by atoms with Gasteiger partial charge < -0.3 is 9.84 Å². The van der Waals surface area contributed by atoms with E-state index in [1.165, 1.54) is 24.6 Å². The topological polar surface area (TPSA) is 68.0 Å². The van der Waals surface area contributed by atoms with Crippen molar-refractivity contribution in [3.05, 3.63) is 41.5 Å². The fraction of sp³-hybridized carbons (Fsp3) is 0.438. The quantitative estimate of drug-likeness (QED) is 0.829. The average Bonchev–Trinajstić information content (AvgIpc) is 3.28. The molecule has 0 spiro atoms. The second kappa shape index (κ2) is 6.52. The standard InChI is InChI=1S/C16H19N3O2S/c1-10(12-7-8-12)17-16(20)13-5-3-4-6-14(13)22-9-15-18-11(2)19-21-15/h3-6,10,12H,7-9H2,1-2H3,(H,17,20). The van der Waals surface area contributed by atoms with Crippen LogP contribution in [0, 0.1) is 12.8 Å². The van der Waals surface area contributed by atoms with Crippen molar-refractivity contribution in [3.63, 3.8) is 0 Å². The molecule has 1 atom stereocenters. The van der Waals surface area contributed by atoms with E-state index in [4.69, 9.17) is 4.52 Å². The maximum atomic E-state index is 12.4. The Hall–Kier alpha value is -1.82. The third kappa shape index (κ3) is 3.68. The van der Waals surface area contributed by atoms with Crippen LogP contribution in [-0.2, 0) is 5.75 Å². The fourth-order valence-corrected chi connectivity index (χ4v) is 3.20. The minimum atomic E-state index is -0.00999. The molecule has 1 amide bonds. The van der Waals surface area contributed by atoms with Crippen molar-refractivity contribution < 1.29 is 9.32 Å². The van der Waals surface area contributed by atoms with Gasteiger partial charge in [-0.05, 0) is 44.7 Å². The first-order chi connectivity index (χ1) is 10.6. The van der Waals surface area contributed by atoms with Gasteiger partial charge in [-0.25, -0.2) is 0 Å². The lowest BCUT2D eigenvalue weighted by molar-refractivity contribution is 0.0933. The maximum absolute atomic E-state index is 12.4. The molecule has 1 saturated carbocycles. The van der Waals surface area contributed by atoms with Gasteiger partial charge in [-0.2, -0.15) is 4.98 Å². The second-order valence-corrected chi connectivity index (χ2v) is 6.64. The van der Waals surface area contributed by atoms with E-state index < -0.39 is 0 Å². The molecule has 0 radical (unpaired) electrons. The molecule has 22 heavy (non-hydrogen) atoms. The zero-order valence-corrected chi connectivity index (χ0v) is 13.5. The van der Waals surface area contributed by atoms with E-state index in [2.05, 4.69) is 22.4 Å². The summed E-state index contributed by atoms with van der Waals surface area (Å²) < 4.78 is 5.11. The minimum Gasteiger partial charge on any atom is -0.349 e. The number of aromatic nitrogens is 2. The Morgan fingerprint density at radius 3 is 2.91 bits per heavy atom. The molecular weight excluding hydrogens is 298 g/mol. The van der Waals surface area contributed by atoms with Gasteiger partial charge in [0.2, 0.25) is 5.89 Å². The van der Waals surface area contributed by atoms with Crippen molar-refractivity contribution in [2.24, 2.45) is 5.92 Å². The van der Waals surface area contributed by atoms with E-state index in [1.807, 2.05) is 24.3 Å². The molecule has 1 aliphatic rings. The van der Waals surface area contributed by atoms with Crippen LogP contribution < -0.4 is 5.32 Å². The maximum Gasteiger partial charge on any atom is 0.252 e. The number of carbonyl (C=O) groups excluding carboxylic acids is 1. The summed E-state index contributed by atoms with van der Waals surface area (Å²) in [6.45, 7) is 3.87. The summed E-state index contributed by atoms with van der Waals surface area (Å²) in [6.07, 6.45) is 2.43. The Morgan fingerprint density at radius 2 is 2.23 bits per heavy atom. The number of thioether (sulfide) groups is 1. The third-order valence-electron chi connectivity index (χ3n) is 3.74. The number of amides is 1. The monoisotopic (exact) mass is 317 g/mol. The van der Waals surface area contributed by atoms with Crippen LogP contribution in [0.5, 0.6) is 0 Å². The molecule has 1 aromatic carbocycles. The third-order valence-corrected chi connectivity index (χ3v) is 4.80. The molecule has 2 aromatic rings. The zero-order valence-electron chi connectivity index (χ0n) is 12.7. The van der Waals surface area contributed by atoms with Crippen molar-refractivity contribution in [1.29, 1.82) is 0 Å². The lowest BCUT2D eigenvalue weighted by Gasteiger charge is -2.14. The highest BCUT2D eigenvalue weighted by Crippen LogP contribution is 2.33. The predicted molar refractivity (Wildman–Crippen MR) is 84.7 cm³/mol. The fourth-order valence-electron chi connectivity index (χ4n) is 2.32. The van der Waals surface area contributed by atoms with Crippen LogP contribution in [0.1, 0.15) is 41.8 Å². The van der Waals surface area contributed by atoms with Gasteiger partial charge in [0.1, 0.15) is 0 Å². The Morgan fingerprint density at radius 1 is 1.45 bits per heavy atom. The number of aryl methyl sites for hydroxylation is 1. The van der Waals surface area contributed by atoms with E-state index in [0.29, 0.717) is 28.9 Å². The lowest BCUT2D eigenvalue weighted by atomic mass is 10.1. The van der Waals surface area contributed by atoms with Crippen molar-refractivity contribution in [2.45, 2.75) is 43.4 Å². The molecule has 1 aromatic heterocycles. The van der Waals surface area contributed by atoms with Gasteiger partial charge in [0, 0.05) is 10.9 Å². The van der Waals surface area contributed by atoms with Crippen LogP contribution in [0.15, 0.2) is 33.7 Å². The van der Waals surface area contributed by atoms with Crippen molar-refractivity contribution in [3.8, 4) is 0 Å². The molecule has 1 aliphatic carbocycles. The van der Waals surface area contributed by atoms with Crippen molar-refractivity contribution >= 4 is 17.7 Å². The Kier molecular flexibility index (Phi) is 4.47. The summed E-state index contributed by atoms with van der Waals surface area (Å²) in [5, 5.41) is 6.87. The number of carbonyl (C=O) groups is 1. The molecule has 6 heteroatoms. The SMILES string of the molecule is Cc1noc(CSc2ccccc2C(=O)NC(C)C2CC2)n1. The summed E-state index contributed by atoms with van der Waals surface area (Å²) in [7, 11) is 0. The highest BCUT2D eigenvalue weighted by molar-refractivity contribution is 7.98. The first kappa shape index (κ1) is 15.1. The largest absolute Gasteiger partial charge is 0.349 e. The number of nitrogens with zero attached hydrogens (tertiary/aromatic N) is 2. The number of benzene rings is 1. The molecule has 1 fully saturated rings. The van der Waals surface area contributed by atoms with E-state index in [1.54, 1.807) is 6.92 Å². The van der Waals surface area contributed by atoms with Gasteiger partial charge in [-0.3, -0.25) is 4.79 Å². The Bertz CT molecular complexity index is 667. The summed E-state index contributed by atoms with van der Waals surface area (Å²) in [4.78, 5) is 17.6. The normalized spacial score (nSPS) is 15.5. The van der Waals surface area contributed by atoms with Crippen LogP contribution in [0.4, 0.5) is 0 Å². The lowest BCUT2D eigenvalue weighted by Crippen LogP contribution is -2.34. The van der Waals surface area contributed by atoms with Crippen LogP contribution in [0.3, 0.4) is 0 Å². The molecule has 0 saturated heterocycles. The van der Waals surface area contributed by atoms with Crippen LogP contribution in [-0.4, -0.2) is 22.1 Å². The van der Waals surface area contributed by atoms with Gasteiger partial charge in [-0.15, -0.1) is 11.8 Å². The number of rotatable bonds is 6. The highest BCUT2D eigenvalue weighted by Gasteiger charge is 2.29. The molecule has 0 aliphatic heterocycles. The summed E-state index contributed by atoms with van der Waals surface area (Å²) in [6, 6.07) is 7.87. The summed E-state index contributed by atoms with van der Waals surface area (Å²) in [5.41, 5.74) is 0.705. The van der Waals surface area contributed by atoms with Crippen LogP contribution in [0.25, 0.3) is 0 Å². The predicted octanol–water partition coefficient (Wildman–Crippen LogP) is 3.20. The van der Waals surface area contributed by atoms with E-state index >= 15 is 0 Å². The number of hydrogen-bond donors (Lipinski definition) is 1. The highest BCUT2D eigenvalue weighted by atomic mass is 32.2. The molecule has 1 heterocycles. The van der Waals surface area contributed by atoms with Crippen LogP contribution in [0.2, 0.25) is 0 Å². The molecule has 1 unspecified atom stereocenters. The average molecular weight is 317 g/mol. The first-order valence-corrected chi connectivity index (χ1v) is 8.44. The Labute approximate surface area is 133 Å².